The number of morpholine rings is 1. The van der Waals surface area contributed by atoms with Crippen LogP contribution in [-0.4, -0.2) is 40.5 Å². The number of hydrogen-bond acceptors (Lipinski definition) is 7. The van der Waals surface area contributed by atoms with Gasteiger partial charge >= 0.3 is 0 Å². The molecule has 0 aliphatic carbocycles. The van der Waals surface area contributed by atoms with E-state index in [-0.39, 0.29) is 17.2 Å². The quantitative estimate of drug-likeness (QED) is 0.611. The first kappa shape index (κ1) is 20.3. The molecule has 3 aromatic rings. The van der Waals surface area contributed by atoms with E-state index in [0.717, 1.165) is 41.7 Å². The van der Waals surface area contributed by atoms with Crippen LogP contribution in [0.3, 0.4) is 0 Å². The highest BCUT2D eigenvalue weighted by molar-refractivity contribution is 5.94. The van der Waals surface area contributed by atoms with Crippen molar-refractivity contribution in [2.24, 2.45) is 0 Å². The van der Waals surface area contributed by atoms with Gasteiger partial charge in [-0.3, -0.25) is 0 Å². The second-order valence-electron chi connectivity index (χ2n) is 8.05. The number of anilines is 2. The Labute approximate surface area is 183 Å². The fraction of sp³-hybridized carbons (Fsp3) is 0.304. The normalized spacial score (nSPS) is 20.4. The summed E-state index contributed by atoms with van der Waals surface area (Å²) in [6.45, 7) is 7.05. The van der Waals surface area contributed by atoms with E-state index >= 15 is 0 Å². The largest absolute Gasteiger partial charge is 0.374 e. The molecular weight excluding hydrogens is 414 g/mol. The number of nitriles is 1. The average Bonchev–Trinajstić information content (AvgIpc) is 3.44. The molecule has 1 aromatic carbocycles. The van der Waals surface area contributed by atoms with Gasteiger partial charge in [0.05, 0.1) is 36.1 Å². The predicted octanol–water partition coefficient (Wildman–Crippen LogP) is 3.80. The smallest absolute Gasteiger partial charge is 0.157 e. The molecule has 32 heavy (non-hydrogen) atoms. The van der Waals surface area contributed by atoms with Gasteiger partial charge in [-0.2, -0.15) is 10.4 Å². The first-order valence-electron chi connectivity index (χ1n) is 10.3. The van der Waals surface area contributed by atoms with Gasteiger partial charge in [0.1, 0.15) is 23.5 Å². The van der Waals surface area contributed by atoms with E-state index in [1.165, 1.54) is 6.08 Å². The number of aryl methyl sites for hydroxylation is 1. The summed E-state index contributed by atoms with van der Waals surface area (Å²) >= 11 is 0. The van der Waals surface area contributed by atoms with Gasteiger partial charge in [0.15, 0.2) is 5.82 Å². The molecular formula is C23H20F2N6O. The van der Waals surface area contributed by atoms with Gasteiger partial charge in [-0.15, -0.1) is 11.7 Å². The second-order valence-corrected chi connectivity index (χ2v) is 8.05. The molecule has 0 saturated carbocycles. The number of nitrogens with one attached hydrogen (secondary N) is 1. The molecule has 4 heterocycles. The summed E-state index contributed by atoms with van der Waals surface area (Å²) in [6, 6.07) is 5.00. The summed E-state index contributed by atoms with van der Waals surface area (Å²) in [7, 11) is 0. The van der Waals surface area contributed by atoms with Crippen molar-refractivity contribution in [1.82, 2.24) is 15.2 Å². The van der Waals surface area contributed by atoms with Crippen LogP contribution < -0.4 is 10.2 Å². The molecule has 2 saturated heterocycles. The Bertz CT molecular complexity index is 1270. The molecule has 3 atom stereocenters. The third kappa shape index (κ3) is 3.33. The van der Waals surface area contributed by atoms with Gasteiger partial charge < -0.3 is 15.0 Å². The zero-order valence-corrected chi connectivity index (χ0v) is 17.3. The average molecular weight is 434 g/mol. The number of aromatic nitrogens is 3. The molecule has 7 nitrogen and oxygen atoms in total. The first-order chi connectivity index (χ1) is 15.5. The molecule has 2 aliphatic heterocycles. The Morgan fingerprint density at radius 3 is 2.84 bits per heavy atom. The lowest BCUT2D eigenvalue weighted by Gasteiger charge is -2.28. The maximum Gasteiger partial charge on any atom is 0.157 e. The van der Waals surface area contributed by atoms with Crippen LogP contribution in [0.1, 0.15) is 29.3 Å². The van der Waals surface area contributed by atoms with Crippen LogP contribution in [0.2, 0.25) is 0 Å². The van der Waals surface area contributed by atoms with Crippen molar-refractivity contribution in [2.75, 3.05) is 23.4 Å². The van der Waals surface area contributed by atoms with E-state index in [9.17, 15) is 8.78 Å². The molecule has 0 unspecified atom stereocenters. The van der Waals surface area contributed by atoms with Crippen molar-refractivity contribution in [3.05, 3.63) is 65.5 Å². The molecule has 2 aliphatic rings. The summed E-state index contributed by atoms with van der Waals surface area (Å²) < 4.78 is 34.5. The third-order valence-electron chi connectivity index (χ3n) is 6.08. The highest BCUT2D eigenvalue weighted by Gasteiger charge is 2.39. The Morgan fingerprint density at radius 2 is 2.16 bits per heavy atom. The molecule has 2 aromatic heterocycles. The molecule has 2 bridgehead atoms. The Morgan fingerprint density at radius 1 is 1.31 bits per heavy atom. The van der Waals surface area contributed by atoms with Gasteiger partial charge in [0.2, 0.25) is 0 Å². The second kappa shape index (κ2) is 7.80. The first-order valence-corrected chi connectivity index (χ1v) is 10.3. The van der Waals surface area contributed by atoms with Crippen LogP contribution >= 0.6 is 0 Å². The predicted molar refractivity (Wildman–Crippen MR) is 115 cm³/mol. The van der Waals surface area contributed by atoms with E-state index in [4.69, 9.17) is 10.00 Å². The summed E-state index contributed by atoms with van der Waals surface area (Å²) in [5, 5.41) is 22.2. The Hall–Kier alpha value is -3.64. The summed E-state index contributed by atoms with van der Waals surface area (Å²) in [6.07, 6.45) is 4.40. The minimum atomic E-state index is -0.828. The number of hydrogen-bond donors (Lipinski definition) is 1. The van der Waals surface area contributed by atoms with Crippen molar-refractivity contribution in [3.63, 3.8) is 0 Å². The van der Waals surface area contributed by atoms with Crippen LogP contribution in [0.4, 0.5) is 20.4 Å². The summed E-state index contributed by atoms with van der Waals surface area (Å²) in [4.78, 5) is 6.85. The summed E-state index contributed by atoms with van der Waals surface area (Å²) in [5.74, 6) is -0.306. The maximum atomic E-state index is 14.8. The van der Waals surface area contributed by atoms with Crippen molar-refractivity contribution in [1.29, 1.82) is 5.26 Å². The SMILES string of the molecule is C=C[C@@H](Nc1nnc(C)c2cnc(N3C[C@H]4C[C@@H]3CO4)cc12)c1cc(F)cc(C#N)c1F. The lowest BCUT2D eigenvalue weighted by atomic mass is 10.0. The number of nitrogens with zero attached hydrogens (tertiary/aromatic N) is 5. The van der Waals surface area contributed by atoms with Crippen molar-refractivity contribution in [2.45, 2.75) is 31.5 Å². The van der Waals surface area contributed by atoms with E-state index in [1.54, 1.807) is 12.3 Å². The number of pyridine rings is 1. The number of benzene rings is 1. The molecule has 0 radical (unpaired) electrons. The molecule has 5 rings (SSSR count). The molecule has 0 amide bonds. The number of fused-ring (bicyclic) bond motifs is 3. The highest BCUT2D eigenvalue weighted by Crippen LogP contribution is 2.35. The van der Waals surface area contributed by atoms with Crippen molar-refractivity contribution >= 4 is 22.4 Å². The monoisotopic (exact) mass is 434 g/mol. The number of halogens is 2. The van der Waals surface area contributed by atoms with Crippen LogP contribution in [0.15, 0.2) is 37.1 Å². The van der Waals surface area contributed by atoms with Crippen molar-refractivity contribution in [3.8, 4) is 6.07 Å². The van der Waals surface area contributed by atoms with Gasteiger partial charge in [-0.25, -0.2) is 13.8 Å². The maximum absolute atomic E-state index is 14.8. The van der Waals surface area contributed by atoms with Gasteiger partial charge in [-0.1, -0.05) is 6.08 Å². The molecule has 9 heteroatoms. The van der Waals surface area contributed by atoms with Gasteiger partial charge in [-0.05, 0) is 31.5 Å². The van der Waals surface area contributed by atoms with Crippen LogP contribution in [0.25, 0.3) is 10.8 Å². The number of ether oxygens (including phenoxy) is 1. The molecule has 0 spiro atoms. The number of rotatable bonds is 5. The van der Waals surface area contributed by atoms with E-state index in [1.807, 2.05) is 13.0 Å². The topological polar surface area (TPSA) is 87.0 Å². The highest BCUT2D eigenvalue weighted by atomic mass is 19.1. The zero-order chi connectivity index (χ0) is 22.4. The van der Waals surface area contributed by atoms with E-state index in [0.29, 0.717) is 24.2 Å². The van der Waals surface area contributed by atoms with Gasteiger partial charge in [0.25, 0.3) is 0 Å². The summed E-state index contributed by atoms with van der Waals surface area (Å²) in [5.41, 5.74) is 0.302. The van der Waals surface area contributed by atoms with E-state index < -0.39 is 17.7 Å². The lowest BCUT2D eigenvalue weighted by molar-refractivity contribution is 0.0989. The molecule has 162 valence electrons. The minimum absolute atomic E-state index is 0.0321. The van der Waals surface area contributed by atoms with Crippen molar-refractivity contribution < 1.29 is 13.5 Å². The van der Waals surface area contributed by atoms with Crippen LogP contribution in [-0.2, 0) is 4.74 Å². The van der Waals surface area contributed by atoms with Gasteiger partial charge in [0, 0.05) is 29.1 Å². The molecule has 2 fully saturated rings. The lowest BCUT2D eigenvalue weighted by Crippen LogP contribution is -2.37. The standard InChI is InChI=1S/C23H20F2N6O/c1-3-20(18-5-14(24)4-13(8-26)22(18)25)28-23-17-7-21(27-9-19(17)12(2)29-30-23)31-10-16-6-15(31)11-32-16/h3-5,7,9,15-16,20H,1,6,10-11H2,2H3,(H,28,30)/t15-,16-,20-/m1/s1. The zero-order valence-electron chi connectivity index (χ0n) is 17.3. The third-order valence-corrected chi connectivity index (χ3v) is 6.08. The van der Waals surface area contributed by atoms with E-state index in [2.05, 4.69) is 32.0 Å². The Balaban J connectivity index is 1.56. The fourth-order valence-electron chi connectivity index (χ4n) is 4.43. The minimum Gasteiger partial charge on any atom is -0.374 e. The molecule has 1 N–H and O–H groups in total. The van der Waals surface area contributed by atoms with Crippen LogP contribution in [0, 0.1) is 29.9 Å². The fourth-order valence-corrected chi connectivity index (χ4v) is 4.43. The Kier molecular flexibility index (Phi) is 4.94. The van der Waals surface area contributed by atoms with Crippen LogP contribution in [0.5, 0.6) is 0 Å².